The zero-order valence-corrected chi connectivity index (χ0v) is 10.7. The van der Waals surface area contributed by atoms with E-state index in [4.69, 9.17) is 4.74 Å². The van der Waals surface area contributed by atoms with E-state index in [1.807, 2.05) is 0 Å². The van der Waals surface area contributed by atoms with Gasteiger partial charge in [0.1, 0.15) is 5.75 Å². The number of methoxy groups -OCH3 is 1. The van der Waals surface area contributed by atoms with Gasteiger partial charge in [-0.3, -0.25) is 4.79 Å². The fourth-order valence-electron chi connectivity index (χ4n) is 1.50. The van der Waals surface area contributed by atoms with Crippen molar-refractivity contribution in [1.82, 2.24) is 5.32 Å². The van der Waals surface area contributed by atoms with Crippen LogP contribution in [0.2, 0.25) is 0 Å². The van der Waals surface area contributed by atoms with Gasteiger partial charge in [0.25, 0.3) is 5.91 Å². The van der Waals surface area contributed by atoms with E-state index in [2.05, 4.69) is 21.2 Å². The molecule has 1 N–H and O–H groups in total. The van der Waals surface area contributed by atoms with Gasteiger partial charge in [-0.1, -0.05) is 15.9 Å². The van der Waals surface area contributed by atoms with Crippen LogP contribution < -0.4 is 10.1 Å². The Morgan fingerprint density at radius 2 is 2.06 bits per heavy atom. The van der Waals surface area contributed by atoms with Gasteiger partial charge in [-0.2, -0.15) is 0 Å². The maximum Gasteiger partial charge on any atom is 0.251 e. The average molecular weight is 284 g/mol. The number of nitrogens with one attached hydrogen (secondary N) is 1. The molecule has 0 aromatic heterocycles. The highest BCUT2D eigenvalue weighted by atomic mass is 79.9. The highest BCUT2D eigenvalue weighted by Crippen LogP contribution is 2.37. The van der Waals surface area contributed by atoms with Crippen molar-refractivity contribution in [3.8, 4) is 5.75 Å². The normalized spacial score (nSPS) is 16.6. The molecule has 2 rings (SSSR count). The zero-order chi connectivity index (χ0) is 11.6. The molecule has 16 heavy (non-hydrogen) atoms. The number of amides is 1. The van der Waals surface area contributed by atoms with Crippen LogP contribution in [0.1, 0.15) is 23.2 Å². The van der Waals surface area contributed by atoms with Gasteiger partial charge in [0.05, 0.1) is 12.6 Å². The molecule has 1 aromatic rings. The second-order valence-corrected chi connectivity index (χ2v) is 4.66. The number of halogens is 1. The van der Waals surface area contributed by atoms with E-state index in [-0.39, 0.29) is 11.4 Å². The summed E-state index contributed by atoms with van der Waals surface area (Å²) in [4.78, 5) is 11.9. The Morgan fingerprint density at radius 3 is 2.50 bits per heavy atom. The number of carbonyl (C=O) groups is 1. The van der Waals surface area contributed by atoms with Crippen LogP contribution in [-0.2, 0) is 0 Å². The molecule has 0 atom stereocenters. The number of alkyl halides is 1. The summed E-state index contributed by atoms with van der Waals surface area (Å²) < 4.78 is 5.04. The lowest BCUT2D eigenvalue weighted by Gasteiger charge is -2.14. The molecule has 0 aliphatic heterocycles. The average Bonchev–Trinajstić information content (AvgIpc) is 3.09. The third-order valence-electron chi connectivity index (χ3n) is 2.84. The Labute approximate surface area is 103 Å². The lowest BCUT2D eigenvalue weighted by molar-refractivity contribution is 0.0936. The van der Waals surface area contributed by atoms with Crippen molar-refractivity contribution in [2.24, 2.45) is 0 Å². The van der Waals surface area contributed by atoms with E-state index in [0.29, 0.717) is 5.56 Å². The molecule has 1 saturated carbocycles. The van der Waals surface area contributed by atoms with Gasteiger partial charge in [0.15, 0.2) is 0 Å². The monoisotopic (exact) mass is 283 g/mol. The number of rotatable bonds is 4. The van der Waals surface area contributed by atoms with Crippen molar-refractivity contribution >= 4 is 21.8 Å². The molecule has 0 unspecified atom stereocenters. The van der Waals surface area contributed by atoms with Gasteiger partial charge < -0.3 is 10.1 Å². The minimum Gasteiger partial charge on any atom is -0.497 e. The highest BCUT2D eigenvalue weighted by Gasteiger charge is 2.42. The van der Waals surface area contributed by atoms with Crippen LogP contribution in [0.4, 0.5) is 0 Å². The molecular formula is C12H14BrNO2. The summed E-state index contributed by atoms with van der Waals surface area (Å²) >= 11 is 3.42. The van der Waals surface area contributed by atoms with Crippen molar-refractivity contribution in [3.63, 3.8) is 0 Å². The van der Waals surface area contributed by atoms with Crippen LogP contribution >= 0.6 is 15.9 Å². The number of ether oxygens (including phenoxy) is 1. The molecule has 86 valence electrons. The molecule has 0 radical (unpaired) electrons. The maximum atomic E-state index is 11.9. The minimum atomic E-state index is -0.0143. The van der Waals surface area contributed by atoms with Crippen molar-refractivity contribution in [3.05, 3.63) is 29.8 Å². The topological polar surface area (TPSA) is 38.3 Å². The summed E-state index contributed by atoms with van der Waals surface area (Å²) in [5.74, 6) is 0.748. The van der Waals surface area contributed by atoms with Crippen LogP contribution in [0, 0.1) is 0 Å². The molecule has 0 heterocycles. The first-order chi connectivity index (χ1) is 7.69. The molecule has 0 saturated heterocycles. The summed E-state index contributed by atoms with van der Waals surface area (Å²) in [6, 6.07) is 7.14. The molecule has 1 amide bonds. The molecule has 1 aromatic carbocycles. The Bertz CT molecular complexity index is 385. The van der Waals surface area contributed by atoms with Crippen molar-refractivity contribution in [1.29, 1.82) is 0 Å². The summed E-state index contributed by atoms with van der Waals surface area (Å²) in [6.45, 7) is 0. The molecule has 1 fully saturated rings. The molecule has 4 heteroatoms. The van der Waals surface area contributed by atoms with Crippen LogP contribution in [0.25, 0.3) is 0 Å². The second kappa shape index (κ2) is 4.45. The fraction of sp³-hybridized carbons (Fsp3) is 0.417. The van der Waals surface area contributed by atoms with E-state index < -0.39 is 0 Å². The van der Waals surface area contributed by atoms with Crippen molar-refractivity contribution in [2.75, 3.05) is 12.4 Å². The summed E-state index contributed by atoms with van der Waals surface area (Å²) in [5.41, 5.74) is 0.671. The summed E-state index contributed by atoms with van der Waals surface area (Å²) in [6.07, 6.45) is 2.11. The van der Waals surface area contributed by atoms with Crippen LogP contribution in [0.15, 0.2) is 24.3 Å². The number of hydrogen-bond acceptors (Lipinski definition) is 2. The van der Waals surface area contributed by atoms with Crippen LogP contribution in [0.3, 0.4) is 0 Å². The molecule has 1 aliphatic rings. The Kier molecular flexibility index (Phi) is 3.19. The summed E-state index contributed by atoms with van der Waals surface area (Å²) in [5, 5.41) is 3.87. The Morgan fingerprint density at radius 1 is 1.44 bits per heavy atom. The maximum absolute atomic E-state index is 11.9. The SMILES string of the molecule is COc1ccc(C(=O)NC2(CBr)CC2)cc1. The largest absolute Gasteiger partial charge is 0.497 e. The van der Waals surface area contributed by atoms with Gasteiger partial charge in [0, 0.05) is 10.9 Å². The lowest BCUT2D eigenvalue weighted by atomic mass is 10.2. The van der Waals surface area contributed by atoms with Crippen molar-refractivity contribution in [2.45, 2.75) is 18.4 Å². The van der Waals surface area contributed by atoms with E-state index in [9.17, 15) is 4.79 Å². The second-order valence-electron chi connectivity index (χ2n) is 4.10. The standard InChI is InChI=1S/C12H14BrNO2/c1-16-10-4-2-9(3-5-10)11(15)14-12(8-13)6-7-12/h2-5H,6-8H2,1H3,(H,14,15). The number of hydrogen-bond donors (Lipinski definition) is 1. The Balaban J connectivity index is 2.03. The van der Waals surface area contributed by atoms with E-state index in [0.717, 1.165) is 23.9 Å². The zero-order valence-electron chi connectivity index (χ0n) is 9.13. The highest BCUT2D eigenvalue weighted by molar-refractivity contribution is 9.09. The van der Waals surface area contributed by atoms with Gasteiger partial charge in [-0.15, -0.1) is 0 Å². The summed E-state index contributed by atoms with van der Waals surface area (Å²) in [7, 11) is 1.61. The van der Waals surface area contributed by atoms with E-state index >= 15 is 0 Å². The van der Waals surface area contributed by atoms with Crippen LogP contribution in [0.5, 0.6) is 5.75 Å². The smallest absolute Gasteiger partial charge is 0.251 e. The third-order valence-corrected chi connectivity index (χ3v) is 3.91. The predicted molar refractivity (Wildman–Crippen MR) is 66.2 cm³/mol. The number of carbonyl (C=O) groups excluding carboxylic acids is 1. The first-order valence-electron chi connectivity index (χ1n) is 5.22. The van der Waals surface area contributed by atoms with E-state index in [1.165, 1.54) is 0 Å². The first kappa shape index (κ1) is 11.5. The first-order valence-corrected chi connectivity index (χ1v) is 6.34. The Hall–Kier alpha value is -1.03. The molecule has 3 nitrogen and oxygen atoms in total. The van der Waals surface area contributed by atoms with Crippen LogP contribution in [-0.4, -0.2) is 23.9 Å². The predicted octanol–water partition coefficient (Wildman–Crippen LogP) is 2.35. The fourth-order valence-corrected chi connectivity index (χ4v) is 2.20. The number of benzene rings is 1. The van der Waals surface area contributed by atoms with Gasteiger partial charge in [0.2, 0.25) is 0 Å². The van der Waals surface area contributed by atoms with Gasteiger partial charge in [-0.05, 0) is 37.1 Å². The molecule has 0 bridgehead atoms. The quantitative estimate of drug-likeness (QED) is 0.862. The third kappa shape index (κ3) is 2.38. The molecular weight excluding hydrogens is 270 g/mol. The molecule has 1 aliphatic carbocycles. The van der Waals surface area contributed by atoms with E-state index in [1.54, 1.807) is 31.4 Å². The van der Waals surface area contributed by atoms with Gasteiger partial charge in [-0.25, -0.2) is 0 Å². The minimum absolute atomic E-state index is 0.00297. The van der Waals surface area contributed by atoms with Gasteiger partial charge >= 0.3 is 0 Å². The van der Waals surface area contributed by atoms with Crippen molar-refractivity contribution < 1.29 is 9.53 Å². The lowest BCUT2D eigenvalue weighted by Crippen LogP contribution is -2.38. The molecule has 0 spiro atoms.